The third kappa shape index (κ3) is 13.1. The number of methoxy groups -OCH3 is 3. The van der Waals surface area contributed by atoms with Gasteiger partial charge in [-0.2, -0.15) is 0 Å². The van der Waals surface area contributed by atoms with Crippen molar-refractivity contribution >= 4 is 53.2 Å². The first-order valence-electron chi connectivity index (χ1n) is 30.7. The number of nitrogens with zero attached hydrogens (tertiary/aromatic N) is 1. The number of allylic oxidation sites excluding steroid dienone is 2. The molecule has 14 nitrogen and oxygen atoms in total. The van der Waals surface area contributed by atoms with E-state index in [2.05, 4.69) is 144 Å². The lowest BCUT2D eigenvalue weighted by Crippen LogP contribution is -2.68. The van der Waals surface area contributed by atoms with Crippen molar-refractivity contribution in [2.45, 2.75) is 241 Å². The average Bonchev–Trinajstić information content (AvgIpc) is 3.87. The smallest absolute Gasteiger partial charge is 0.329 e. The maximum Gasteiger partial charge on any atom is 0.329 e. The van der Waals surface area contributed by atoms with Gasteiger partial charge in [0.1, 0.15) is 18.2 Å². The van der Waals surface area contributed by atoms with Crippen molar-refractivity contribution in [3.05, 3.63) is 84.0 Å². The second-order valence-electron chi connectivity index (χ2n) is 27.3. The lowest BCUT2D eigenvalue weighted by Gasteiger charge is -2.54. The number of halogens is 1. The summed E-state index contributed by atoms with van der Waals surface area (Å²) in [5, 5.41) is 2.28. The van der Waals surface area contributed by atoms with Crippen molar-refractivity contribution < 1.29 is 61.4 Å². The Bertz CT molecular complexity index is 2520. The van der Waals surface area contributed by atoms with Crippen LogP contribution in [0.5, 0.6) is 0 Å². The highest BCUT2D eigenvalue weighted by atomic mass is 127. The molecular formula is C66H98INO13Si. The molecule has 5 saturated heterocycles. The third-order valence-electron chi connectivity index (χ3n) is 19.2. The van der Waals surface area contributed by atoms with Gasteiger partial charge >= 0.3 is 5.97 Å². The van der Waals surface area contributed by atoms with E-state index in [0.717, 1.165) is 50.5 Å². The predicted molar refractivity (Wildman–Crippen MR) is 327 cm³/mol. The summed E-state index contributed by atoms with van der Waals surface area (Å²) in [4.78, 5) is 32.8. The number of benzene rings is 2. The molecule has 0 radical (unpaired) electrons. The molecule has 456 valence electrons. The summed E-state index contributed by atoms with van der Waals surface area (Å²) >= 11 is 2.51. The highest BCUT2D eigenvalue weighted by Crippen LogP contribution is 2.52. The van der Waals surface area contributed by atoms with E-state index >= 15 is 9.59 Å². The molecule has 6 aliphatic heterocycles. The summed E-state index contributed by atoms with van der Waals surface area (Å²) in [6, 6.07) is 20.7. The minimum atomic E-state index is -2.90. The number of ether oxygens (including phenoxy) is 10. The number of hydrogen-bond acceptors (Lipinski definition) is 13. The summed E-state index contributed by atoms with van der Waals surface area (Å²) in [5.41, 5.74) is 2.15. The highest BCUT2D eigenvalue weighted by molar-refractivity contribution is 14.1. The van der Waals surface area contributed by atoms with Gasteiger partial charge in [-0.3, -0.25) is 4.79 Å². The van der Waals surface area contributed by atoms with Crippen LogP contribution in [-0.2, 0) is 61.4 Å². The molecule has 0 N–H and O–H groups in total. The summed E-state index contributed by atoms with van der Waals surface area (Å²) < 4.78 is 76.0. The molecule has 2 aromatic rings. The van der Waals surface area contributed by atoms with Gasteiger partial charge in [0, 0.05) is 56.0 Å². The monoisotopic (exact) mass is 1270 g/mol. The zero-order valence-corrected chi connectivity index (χ0v) is 55.1. The Morgan fingerprint density at radius 1 is 0.768 bits per heavy atom. The van der Waals surface area contributed by atoms with Gasteiger partial charge in [0.25, 0.3) is 14.2 Å². The van der Waals surface area contributed by atoms with Gasteiger partial charge in [-0.15, -0.1) is 0 Å². The maximum atomic E-state index is 15.6. The Morgan fingerprint density at radius 2 is 1.40 bits per heavy atom. The van der Waals surface area contributed by atoms with Gasteiger partial charge < -0.3 is 56.7 Å². The van der Waals surface area contributed by atoms with Crippen molar-refractivity contribution in [2.24, 2.45) is 29.6 Å². The number of carbonyl (C=O) groups is 2. The zero-order chi connectivity index (χ0) is 59.2. The summed E-state index contributed by atoms with van der Waals surface area (Å²) in [5.74, 6) is -6.07. The number of amides is 1. The molecular weight excluding hydrogens is 1170 g/mol. The van der Waals surface area contributed by atoms with E-state index in [1.54, 1.807) is 26.2 Å². The third-order valence-corrected chi connectivity index (χ3v) is 25.1. The van der Waals surface area contributed by atoms with Gasteiger partial charge in [-0.05, 0) is 139 Å². The topological polar surface area (TPSA) is 139 Å². The lowest BCUT2D eigenvalue weighted by molar-refractivity contribution is -0.422. The van der Waals surface area contributed by atoms with Crippen LogP contribution in [0, 0.1) is 29.6 Å². The fourth-order valence-electron chi connectivity index (χ4n) is 15.4. The van der Waals surface area contributed by atoms with E-state index in [1.807, 2.05) is 34.6 Å². The van der Waals surface area contributed by atoms with E-state index in [9.17, 15) is 0 Å². The molecule has 2 aromatic carbocycles. The molecule has 16 heteroatoms. The molecule has 0 aromatic heterocycles. The Hall–Kier alpha value is -2.59. The number of fused-ring (bicyclic) bond motifs is 3. The fourth-order valence-corrected chi connectivity index (χ4v) is 20.9. The van der Waals surface area contributed by atoms with Crippen LogP contribution in [0.3, 0.4) is 0 Å². The van der Waals surface area contributed by atoms with Crippen molar-refractivity contribution in [3.8, 4) is 0 Å². The van der Waals surface area contributed by atoms with E-state index in [0.29, 0.717) is 38.8 Å². The molecule has 1 aliphatic carbocycles. The van der Waals surface area contributed by atoms with Crippen LogP contribution in [0.4, 0.5) is 0 Å². The highest BCUT2D eigenvalue weighted by Gasteiger charge is 2.66. The number of alkyl halides is 1. The Morgan fingerprint density at radius 3 is 2.04 bits per heavy atom. The molecule has 1 amide bonds. The molecule has 1 saturated carbocycles. The van der Waals surface area contributed by atoms with Crippen LogP contribution in [0.25, 0.3) is 0 Å². The first-order valence-corrected chi connectivity index (χ1v) is 33.9. The molecule has 9 rings (SSSR count). The van der Waals surface area contributed by atoms with Crippen LogP contribution in [0.2, 0.25) is 5.04 Å². The van der Waals surface area contributed by atoms with E-state index in [1.165, 1.54) is 15.9 Å². The zero-order valence-electron chi connectivity index (χ0n) is 51.9. The number of hydrogen-bond donors (Lipinski definition) is 0. The number of rotatable bonds is 9. The number of carbonyl (C=O) groups excluding carboxylic acids is 2. The number of piperidine rings is 1. The molecule has 0 unspecified atom stereocenters. The Kier molecular flexibility index (Phi) is 20.0. The van der Waals surface area contributed by atoms with E-state index in [-0.39, 0.29) is 62.8 Å². The van der Waals surface area contributed by atoms with Crippen molar-refractivity contribution in [3.63, 3.8) is 0 Å². The number of esters is 1. The molecule has 7 aliphatic rings. The van der Waals surface area contributed by atoms with Crippen LogP contribution in [0.15, 0.2) is 84.0 Å². The molecule has 2 spiro atoms. The number of cyclic esters (lactones) is 1. The predicted octanol–water partition coefficient (Wildman–Crippen LogP) is 11.4. The summed E-state index contributed by atoms with van der Waals surface area (Å²) in [6.07, 6.45) is 8.17. The first-order chi connectivity index (χ1) is 38.8. The molecule has 82 heavy (non-hydrogen) atoms. The normalized spacial score (nSPS) is 39.6. The Balaban J connectivity index is 1.09. The van der Waals surface area contributed by atoms with Crippen LogP contribution < -0.4 is 10.4 Å². The SMILES string of the molecule is CO[C@H]1C[C@@H](C)C/C(C)=C/[C@H]2C[C@H](I)CO[C@@]23C[C@H](OC(C)(C)O3)[C@@H](C)[C@@H](/C(C)=C/[C@@H]2CC[C@@H](O[Si](c3ccccc3)(c3ccccc3)C(C)(C)C)[C@H](OC)C2)OC(=O)[C@@H]2CCCCN2C(=O)[C@@H]2OC(C)(C)O[C@@]23O[C@H]1[C@@H](OC)C[C@H]3C. The standard InChI is InChI=1S/C66H98INO13Si/c1-41-32-42(2)34-54(72-14)58-55(73-15)36-44(4)66(77-58)59(78-64(11,12)81-66)60(69)68-31-23-22-28-51(68)61(70)75-57(45(5)56-39-65(80-63(9,10)76-56)47(33-41)38-48(67)40-74-65)43(3)35-46-29-30-52(53(37-46)71-13)79-82(62(6,7)8,49-24-18-16-19-25-49)50-26-20-17-21-27-50/h16-21,24-27,33,35,42,44-48,51-59H,22-23,28-32,34,36-40H2,1-15H3/b41-33+,43-35+/t42-,44+,45+,46-,47-,48-,51-,52+,53+,54-,55-,56-,57+,58+,59-,65+,66+/m0/s1. The van der Waals surface area contributed by atoms with Crippen LogP contribution >= 0.6 is 22.6 Å². The second-order valence-corrected chi connectivity index (χ2v) is 33.3. The van der Waals surface area contributed by atoms with Gasteiger partial charge in [0.2, 0.25) is 5.79 Å². The maximum absolute atomic E-state index is 15.6. The largest absolute Gasteiger partial charge is 0.456 e. The fraction of sp³-hybridized carbons (Fsp3) is 0.727. The van der Waals surface area contributed by atoms with Gasteiger partial charge in [-0.25, -0.2) is 4.79 Å². The van der Waals surface area contributed by atoms with Gasteiger partial charge in [0.15, 0.2) is 23.5 Å². The first kappa shape index (κ1) is 63.9. The van der Waals surface area contributed by atoms with Crippen LogP contribution in [0.1, 0.15) is 154 Å². The van der Waals surface area contributed by atoms with Crippen LogP contribution in [-0.4, -0.2) is 142 Å². The van der Waals surface area contributed by atoms with E-state index in [4.69, 9.17) is 51.8 Å². The quantitative estimate of drug-likeness (QED) is 0.0774. The summed E-state index contributed by atoms with van der Waals surface area (Å²) in [6.45, 7) is 26.1. The Labute approximate surface area is 505 Å². The lowest BCUT2D eigenvalue weighted by atomic mass is 9.78. The van der Waals surface area contributed by atoms with E-state index < -0.39 is 74.0 Å². The summed E-state index contributed by atoms with van der Waals surface area (Å²) in [7, 11) is 2.33. The van der Waals surface area contributed by atoms with Crippen molar-refractivity contribution in [1.82, 2.24) is 4.90 Å². The molecule has 4 bridgehead atoms. The second kappa shape index (κ2) is 25.6. The van der Waals surface area contributed by atoms with Gasteiger partial charge in [-0.1, -0.05) is 143 Å². The van der Waals surface area contributed by atoms with Crippen molar-refractivity contribution in [1.29, 1.82) is 0 Å². The van der Waals surface area contributed by atoms with Gasteiger partial charge in [0.05, 0.1) is 37.1 Å². The minimum absolute atomic E-state index is 0.0871. The van der Waals surface area contributed by atoms with Crippen molar-refractivity contribution in [2.75, 3.05) is 34.5 Å². The molecule has 6 heterocycles. The minimum Gasteiger partial charge on any atom is -0.456 e. The molecule has 6 fully saturated rings. The average molecular weight is 1270 g/mol. The molecule has 17 atom stereocenters.